The van der Waals surface area contributed by atoms with E-state index in [0.29, 0.717) is 12.3 Å². The van der Waals surface area contributed by atoms with Gasteiger partial charge in [-0.3, -0.25) is 0 Å². The SMILES string of the molecule is OC(Cc1ccccc1Cl)C1CCOC2(CCC2)C1. The Kier molecular flexibility index (Phi) is 3.84. The quantitative estimate of drug-likeness (QED) is 0.917. The third-order valence-electron chi connectivity index (χ3n) is 4.73. The van der Waals surface area contributed by atoms with Crippen molar-refractivity contribution in [3.8, 4) is 0 Å². The van der Waals surface area contributed by atoms with Gasteiger partial charge in [0.2, 0.25) is 0 Å². The van der Waals surface area contributed by atoms with Crippen molar-refractivity contribution < 1.29 is 9.84 Å². The molecule has 1 aromatic rings. The van der Waals surface area contributed by atoms with Crippen LogP contribution in [0.1, 0.15) is 37.7 Å². The van der Waals surface area contributed by atoms with Gasteiger partial charge in [-0.2, -0.15) is 0 Å². The van der Waals surface area contributed by atoms with Gasteiger partial charge in [0.05, 0.1) is 11.7 Å². The van der Waals surface area contributed by atoms with Crippen LogP contribution in [0.15, 0.2) is 24.3 Å². The zero-order valence-corrected chi connectivity index (χ0v) is 11.9. The fourth-order valence-corrected chi connectivity index (χ4v) is 3.58. The van der Waals surface area contributed by atoms with Crippen LogP contribution < -0.4 is 0 Å². The van der Waals surface area contributed by atoms with Crippen LogP contribution in [0.25, 0.3) is 0 Å². The van der Waals surface area contributed by atoms with Gasteiger partial charge in [0.25, 0.3) is 0 Å². The second kappa shape index (κ2) is 5.43. The van der Waals surface area contributed by atoms with Crippen molar-refractivity contribution in [2.75, 3.05) is 6.61 Å². The summed E-state index contributed by atoms with van der Waals surface area (Å²) in [6, 6.07) is 7.80. The number of rotatable bonds is 3. The molecule has 1 saturated heterocycles. The fraction of sp³-hybridized carbons (Fsp3) is 0.625. The Morgan fingerprint density at radius 3 is 2.84 bits per heavy atom. The minimum Gasteiger partial charge on any atom is -0.392 e. The van der Waals surface area contributed by atoms with Crippen molar-refractivity contribution in [1.29, 1.82) is 0 Å². The molecule has 1 aliphatic heterocycles. The van der Waals surface area contributed by atoms with E-state index in [0.717, 1.165) is 30.0 Å². The molecule has 2 nitrogen and oxygen atoms in total. The van der Waals surface area contributed by atoms with Crippen LogP contribution in [0.4, 0.5) is 0 Å². The van der Waals surface area contributed by atoms with Crippen molar-refractivity contribution in [3.05, 3.63) is 34.9 Å². The predicted molar refractivity (Wildman–Crippen MR) is 76.4 cm³/mol. The number of ether oxygens (including phenoxy) is 1. The van der Waals surface area contributed by atoms with E-state index in [1.165, 1.54) is 19.3 Å². The Hall–Kier alpha value is -0.570. The van der Waals surface area contributed by atoms with E-state index in [2.05, 4.69) is 0 Å². The molecule has 2 unspecified atom stereocenters. The molecule has 3 rings (SSSR count). The third kappa shape index (κ3) is 2.81. The van der Waals surface area contributed by atoms with Gasteiger partial charge in [0.15, 0.2) is 0 Å². The molecule has 0 aromatic heterocycles. The first-order valence-corrected chi connectivity index (χ1v) is 7.62. The normalized spacial score (nSPS) is 26.9. The average Bonchev–Trinajstić information content (AvgIpc) is 2.40. The van der Waals surface area contributed by atoms with Gasteiger partial charge in [-0.05, 0) is 49.7 Å². The maximum atomic E-state index is 10.5. The van der Waals surface area contributed by atoms with Gasteiger partial charge < -0.3 is 9.84 Å². The summed E-state index contributed by atoms with van der Waals surface area (Å²) < 4.78 is 5.92. The largest absolute Gasteiger partial charge is 0.392 e. The molecular weight excluding hydrogens is 260 g/mol. The van der Waals surface area contributed by atoms with Crippen LogP contribution >= 0.6 is 11.6 Å². The molecule has 1 saturated carbocycles. The molecule has 2 atom stereocenters. The van der Waals surface area contributed by atoms with Crippen LogP contribution in [0.2, 0.25) is 5.02 Å². The van der Waals surface area contributed by atoms with Crippen molar-refractivity contribution >= 4 is 11.6 Å². The average molecular weight is 281 g/mol. The number of hydrogen-bond donors (Lipinski definition) is 1. The van der Waals surface area contributed by atoms with E-state index < -0.39 is 0 Å². The van der Waals surface area contributed by atoms with E-state index >= 15 is 0 Å². The second-order valence-electron chi connectivity index (χ2n) is 6.00. The first kappa shape index (κ1) is 13.4. The summed E-state index contributed by atoms with van der Waals surface area (Å²) in [6.45, 7) is 0.796. The van der Waals surface area contributed by atoms with Crippen molar-refractivity contribution in [2.24, 2.45) is 5.92 Å². The van der Waals surface area contributed by atoms with Crippen LogP contribution in [-0.4, -0.2) is 23.4 Å². The molecular formula is C16H21ClO2. The summed E-state index contributed by atoms with van der Waals surface area (Å²) in [6.07, 6.45) is 5.94. The standard InChI is InChI=1S/C16H21ClO2/c17-14-5-2-1-4-12(14)10-15(18)13-6-9-19-16(11-13)7-3-8-16/h1-2,4-5,13,15,18H,3,6-11H2. The van der Waals surface area contributed by atoms with E-state index in [-0.39, 0.29) is 11.7 Å². The highest BCUT2D eigenvalue weighted by Gasteiger charge is 2.44. The molecule has 1 heterocycles. The number of benzene rings is 1. The van der Waals surface area contributed by atoms with Gasteiger partial charge in [0.1, 0.15) is 0 Å². The molecule has 2 fully saturated rings. The molecule has 1 aliphatic carbocycles. The lowest BCUT2D eigenvalue weighted by molar-refractivity contribution is -0.156. The highest BCUT2D eigenvalue weighted by molar-refractivity contribution is 6.31. The van der Waals surface area contributed by atoms with E-state index in [1.807, 2.05) is 24.3 Å². The Morgan fingerprint density at radius 1 is 1.37 bits per heavy atom. The molecule has 104 valence electrons. The van der Waals surface area contributed by atoms with Gasteiger partial charge in [-0.1, -0.05) is 29.8 Å². The number of aliphatic hydroxyl groups excluding tert-OH is 1. The van der Waals surface area contributed by atoms with Crippen LogP contribution in [-0.2, 0) is 11.2 Å². The topological polar surface area (TPSA) is 29.5 Å². The molecule has 3 heteroatoms. The van der Waals surface area contributed by atoms with E-state index in [4.69, 9.17) is 16.3 Å². The molecule has 1 N–H and O–H groups in total. The summed E-state index contributed by atoms with van der Waals surface area (Å²) in [5, 5.41) is 11.2. The van der Waals surface area contributed by atoms with Gasteiger partial charge in [0, 0.05) is 18.1 Å². The molecule has 2 aliphatic rings. The van der Waals surface area contributed by atoms with Crippen LogP contribution in [0.5, 0.6) is 0 Å². The first-order valence-electron chi connectivity index (χ1n) is 7.24. The summed E-state index contributed by atoms with van der Waals surface area (Å²) in [7, 11) is 0. The lowest BCUT2D eigenvalue weighted by Gasteiger charge is -2.48. The second-order valence-corrected chi connectivity index (χ2v) is 6.41. The van der Waals surface area contributed by atoms with Crippen molar-refractivity contribution in [2.45, 2.75) is 50.2 Å². The summed E-state index contributed by atoms with van der Waals surface area (Å²) in [4.78, 5) is 0. The Bertz CT molecular complexity index is 442. The summed E-state index contributed by atoms with van der Waals surface area (Å²) in [5.74, 6) is 0.352. The summed E-state index contributed by atoms with van der Waals surface area (Å²) >= 11 is 6.17. The zero-order valence-electron chi connectivity index (χ0n) is 11.1. The molecule has 0 amide bonds. The van der Waals surface area contributed by atoms with Gasteiger partial charge in [-0.25, -0.2) is 0 Å². The highest BCUT2D eigenvalue weighted by Crippen LogP contribution is 2.45. The molecule has 1 spiro atoms. The zero-order chi connectivity index (χ0) is 13.3. The Morgan fingerprint density at radius 2 is 2.16 bits per heavy atom. The van der Waals surface area contributed by atoms with Gasteiger partial charge in [-0.15, -0.1) is 0 Å². The number of hydrogen-bond acceptors (Lipinski definition) is 2. The van der Waals surface area contributed by atoms with Crippen molar-refractivity contribution in [1.82, 2.24) is 0 Å². The number of aliphatic hydroxyl groups is 1. The Labute approximate surface area is 119 Å². The minimum atomic E-state index is -0.304. The molecule has 19 heavy (non-hydrogen) atoms. The lowest BCUT2D eigenvalue weighted by atomic mass is 9.70. The smallest absolute Gasteiger partial charge is 0.0686 e. The van der Waals surface area contributed by atoms with E-state index in [1.54, 1.807) is 0 Å². The monoisotopic (exact) mass is 280 g/mol. The first-order chi connectivity index (χ1) is 9.19. The molecule has 0 bridgehead atoms. The molecule has 1 aromatic carbocycles. The van der Waals surface area contributed by atoms with Crippen molar-refractivity contribution in [3.63, 3.8) is 0 Å². The van der Waals surface area contributed by atoms with E-state index in [9.17, 15) is 5.11 Å². The Balaban J connectivity index is 1.64. The lowest BCUT2D eigenvalue weighted by Crippen LogP contribution is -2.48. The maximum Gasteiger partial charge on any atom is 0.0686 e. The number of halogens is 1. The van der Waals surface area contributed by atoms with Crippen LogP contribution in [0, 0.1) is 5.92 Å². The summed E-state index contributed by atoms with van der Waals surface area (Å²) in [5.41, 5.74) is 1.15. The maximum absolute atomic E-state index is 10.5. The third-order valence-corrected chi connectivity index (χ3v) is 5.10. The van der Waals surface area contributed by atoms with Gasteiger partial charge >= 0.3 is 0 Å². The minimum absolute atomic E-state index is 0.102. The predicted octanol–water partition coefficient (Wildman–Crippen LogP) is 3.59. The fourth-order valence-electron chi connectivity index (χ4n) is 3.37. The van der Waals surface area contributed by atoms with Crippen LogP contribution in [0.3, 0.4) is 0 Å². The highest BCUT2D eigenvalue weighted by atomic mass is 35.5. The molecule has 0 radical (unpaired) electrons.